The van der Waals surface area contributed by atoms with Crippen LogP contribution in [0.2, 0.25) is 5.15 Å². The number of hydrogen-bond donors (Lipinski definition) is 1. The van der Waals surface area contributed by atoms with Crippen molar-refractivity contribution >= 4 is 23.4 Å². The molecule has 1 aromatic carbocycles. The molecular formula is C13H15ClN4. The quantitative estimate of drug-likeness (QED) is 0.864. The van der Waals surface area contributed by atoms with Gasteiger partial charge in [-0.2, -0.15) is 4.98 Å². The van der Waals surface area contributed by atoms with Crippen molar-refractivity contribution in [1.29, 1.82) is 0 Å². The molecule has 0 atom stereocenters. The molecule has 0 saturated heterocycles. The molecule has 5 heteroatoms. The molecule has 94 valence electrons. The first-order valence-corrected chi connectivity index (χ1v) is 5.99. The van der Waals surface area contributed by atoms with E-state index >= 15 is 0 Å². The Morgan fingerprint density at radius 2 is 2.06 bits per heavy atom. The van der Waals surface area contributed by atoms with Crippen LogP contribution in [0, 0.1) is 6.92 Å². The summed E-state index contributed by atoms with van der Waals surface area (Å²) in [5.74, 6) is 0.905. The maximum atomic E-state index is 5.86. The molecule has 0 aliphatic heterocycles. The maximum absolute atomic E-state index is 5.86. The zero-order valence-electron chi connectivity index (χ0n) is 10.4. The molecule has 2 N–H and O–H groups in total. The normalized spacial score (nSPS) is 10.4. The number of aromatic nitrogens is 2. The lowest BCUT2D eigenvalue weighted by atomic mass is 10.1. The smallest absolute Gasteiger partial charge is 0.223 e. The second-order valence-electron chi connectivity index (χ2n) is 4.25. The molecule has 0 bridgehead atoms. The van der Waals surface area contributed by atoms with Crippen molar-refractivity contribution < 1.29 is 0 Å². The molecule has 1 heterocycles. The van der Waals surface area contributed by atoms with Gasteiger partial charge in [0, 0.05) is 19.7 Å². The first kappa shape index (κ1) is 12.6. The van der Waals surface area contributed by atoms with Crippen LogP contribution in [-0.2, 0) is 6.54 Å². The van der Waals surface area contributed by atoms with Gasteiger partial charge < -0.3 is 10.6 Å². The lowest BCUT2D eigenvalue weighted by Crippen LogP contribution is -2.18. The highest BCUT2D eigenvalue weighted by Gasteiger charge is 2.06. The van der Waals surface area contributed by atoms with Crippen molar-refractivity contribution in [3.8, 4) is 0 Å². The highest BCUT2D eigenvalue weighted by Crippen LogP contribution is 2.18. The second-order valence-corrected chi connectivity index (χ2v) is 4.64. The van der Waals surface area contributed by atoms with Crippen molar-refractivity contribution in [2.75, 3.05) is 17.7 Å². The number of hydrogen-bond acceptors (Lipinski definition) is 4. The number of halogens is 1. The summed E-state index contributed by atoms with van der Waals surface area (Å²) >= 11 is 5.86. The van der Waals surface area contributed by atoms with E-state index in [0.717, 1.165) is 6.54 Å². The van der Waals surface area contributed by atoms with E-state index in [4.69, 9.17) is 17.3 Å². The minimum atomic E-state index is 0.189. The van der Waals surface area contributed by atoms with E-state index in [-0.39, 0.29) is 5.95 Å². The highest BCUT2D eigenvalue weighted by atomic mass is 35.5. The summed E-state index contributed by atoms with van der Waals surface area (Å²) in [6, 6.07) is 10.0. The minimum Gasteiger partial charge on any atom is -0.368 e. The van der Waals surface area contributed by atoms with Gasteiger partial charge in [0.25, 0.3) is 0 Å². The Balaban J connectivity index is 2.19. The molecule has 2 rings (SSSR count). The molecule has 0 aliphatic rings. The van der Waals surface area contributed by atoms with Gasteiger partial charge >= 0.3 is 0 Å². The SMILES string of the molecule is Cc1cccc(CN(C)c2cc(Cl)nc(N)n2)c1. The zero-order chi connectivity index (χ0) is 13.1. The molecule has 0 saturated carbocycles. The third-order valence-corrected chi connectivity index (χ3v) is 2.79. The summed E-state index contributed by atoms with van der Waals surface area (Å²) in [5.41, 5.74) is 8.03. The molecule has 0 radical (unpaired) electrons. The molecule has 0 amide bonds. The van der Waals surface area contributed by atoms with Crippen molar-refractivity contribution in [1.82, 2.24) is 9.97 Å². The zero-order valence-corrected chi connectivity index (χ0v) is 11.1. The van der Waals surface area contributed by atoms with E-state index in [1.165, 1.54) is 11.1 Å². The molecule has 1 aromatic heterocycles. The predicted octanol–water partition coefficient (Wildman–Crippen LogP) is 2.66. The van der Waals surface area contributed by atoms with Crippen molar-refractivity contribution in [2.45, 2.75) is 13.5 Å². The number of aryl methyl sites for hydroxylation is 1. The molecule has 0 unspecified atom stereocenters. The van der Waals surface area contributed by atoms with Crippen LogP contribution in [0.15, 0.2) is 30.3 Å². The van der Waals surface area contributed by atoms with E-state index in [2.05, 4.69) is 35.1 Å². The van der Waals surface area contributed by atoms with Crippen LogP contribution in [0.5, 0.6) is 0 Å². The number of nitrogen functional groups attached to an aromatic ring is 1. The number of rotatable bonds is 3. The van der Waals surface area contributed by atoms with Crippen molar-refractivity contribution in [2.24, 2.45) is 0 Å². The molecule has 0 spiro atoms. The Morgan fingerprint density at radius 3 is 2.72 bits per heavy atom. The van der Waals surface area contributed by atoms with Crippen molar-refractivity contribution in [3.63, 3.8) is 0 Å². The summed E-state index contributed by atoms with van der Waals surface area (Å²) in [7, 11) is 1.94. The van der Waals surface area contributed by atoms with Crippen LogP contribution in [0.1, 0.15) is 11.1 Å². The Labute approximate surface area is 111 Å². The average Bonchev–Trinajstić information content (AvgIpc) is 2.27. The summed E-state index contributed by atoms with van der Waals surface area (Å²) in [5, 5.41) is 0.355. The average molecular weight is 263 g/mol. The fraction of sp³-hybridized carbons (Fsp3) is 0.231. The van der Waals surface area contributed by atoms with Crippen LogP contribution in [0.3, 0.4) is 0 Å². The fourth-order valence-corrected chi connectivity index (χ4v) is 1.97. The van der Waals surface area contributed by atoms with Crippen LogP contribution in [0.4, 0.5) is 11.8 Å². The monoisotopic (exact) mass is 262 g/mol. The lowest BCUT2D eigenvalue weighted by Gasteiger charge is -2.18. The van der Waals surface area contributed by atoms with E-state index in [9.17, 15) is 0 Å². The van der Waals surface area contributed by atoms with Gasteiger partial charge in [-0.15, -0.1) is 0 Å². The standard InChI is InChI=1S/C13H15ClN4/c1-9-4-3-5-10(6-9)8-18(2)12-7-11(14)16-13(15)17-12/h3-7H,8H2,1-2H3,(H2,15,16,17). The number of anilines is 2. The van der Waals surface area contributed by atoms with Gasteiger partial charge in [-0.3, -0.25) is 0 Å². The van der Waals surface area contributed by atoms with Gasteiger partial charge in [0.05, 0.1) is 0 Å². The molecule has 4 nitrogen and oxygen atoms in total. The summed E-state index contributed by atoms with van der Waals surface area (Å²) in [6.45, 7) is 2.82. The molecular weight excluding hydrogens is 248 g/mol. The van der Waals surface area contributed by atoms with Gasteiger partial charge in [-0.1, -0.05) is 41.4 Å². The van der Waals surface area contributed by atoms with Gasteiger partial charge in [0.15, 0.2) is 0 Å². The minimum absolute atomic E-state index is 0.189. The largest absolute Gasteiger partial charge is 0.368 e. The van der Waals surface area contributed by atoms with Gasteiger partial charge in [0.1, 0.15) is 11.0 Å². The predicted molar refractivity (Wildman–Crippen MR) is 74.7 cm³/mol. The molecule has 0 fully saturated rings. The van der Waals surface area contributed by atoms with E-state index in [1.807, 2.05) is 18.0 Å². The van der Waals surface area contributed by atoms with E-state index in [1.54, 1.807) is 6.07 Å². The highest BCUT2D eigenvalue weighted by molar-refractivity contribution is 6.29. The van der Waals surface area contributed by atoms with E-state index < -0.39 is 0 Å². The number of nitrogens with two attached hydrogens (primary N) is 1. The summed E-state index contributed by atoms with van der Waals surface area (Å²) < 4.78 is 0. The van der Waals surface area contributed by atoms with Gasteiger partial charge in [0.2, 0.25) is 5.95 Å². The third-order valence-electron chi connectivity index (χ3n) is 2.59. The molecule has 0 aliphatic carbocycles. The Bertz CT molecular complexity index is 536. The molecule has 2 aromatic rings. The number of nitrogens with zero attached hydrogens (tertiary/aromatic N) is 3. The lowest BCUT2D eigenvalue weighted by molar-refractivity contribution is 0.892. The Morgan fingerprint density at radius 1 is 1.28 bits per heavy atom. The van der Waals surface area contributed by atoms with Crippen LogP contribution in [0.25, 0.3) is 0 Å². The topological polar surface area (TPSA) is 55.0 Å². The Hall–Kier alpha value is -1.81. The van der Waals surface area contributed by atoms with E-state index in [0.29, 0.717) is 11.0 Å². The maximum Gasteiger partial charge on any atom is 0.223 e. The summed E-state index contributed by atoms with van der Waals surface area (Å²) in [6.07, 6.45) is 0. The van der Waals surface area contributed by atoms with Crippen LogP contribution < -0.4 is 10.6 Å². The van der Waals surface area contributed by atoms with Gasteiger partial charge in [-0.05, 0) is 12.5 Å². The van der Waals surface area contributed by atoms with Crippen LogP contribution in [-0.4, -0.2) is 17.0 Å². The fourth-order valence-electron chi connectivity index (χ4n) is 1.78. The molecule has 18 heavy (non-hydrogen) atoms. The third kappa shape index (κ3) is 3.11. The second kappa shape index (κ2) is 5.23. The Kier molecular flexibility index (Phi) is 3.67. The number of benzene rings is 1. The first-order chi connectivity index (χ1) is 8.54. The first-order valence-electron chi connectivity index (χ1n) is 5.61. The van der Waals surface area contributed by atoms with Gasteiger partial charge in [-0.25, -0.2) is 4.98 Å². The van der Waals surface area contributed by atoms with Crippen molar-refractivity contribution in [3.05, 3.63) is 46.6 Å². The summed E-state index contributed by atoms with van der Waals surface area (Å²) in [4.78, 5) is 9.99. The van der Waals surface area contributed by atoms with Crippen LogP contribution >= 0.6 is 11.6 Å².